The van der Waals surface area contributed by atoms with Crippen LogP contribution in [-0.2, 0) is 29.0 Å². The molecule has 1 N–H and O–H groups in total. The van der Waals surface area contributed by atoms with Crippen molar-refractivity contribution in [3.8, 4) is 12.1 Å². The van der Waals surface area contributed by atoms with Crippen molar-refractivity contribution in [1.29, 1.82) is 5.26 Å². The molecule has 1 amide bonds. The summed E-state index contributed by atoms with van der Waals surface area (Å²) in [7, 11) is 0. The lowest BCUT2D eigenvalue weighted by Gasteiger charge is -2.42. The Morgan fingerprint density at radius 1 is 1.00 bits per heavy atom. The quantitative estimate of drug-likeness (QED) is 0.301. The first-order valence-electron chi connectivity index (χ1n) is 16.3. The molecule has 0 unspecified atom stereocenters. The number of carbonyl (C=O) groups is 1. The third kappa shape index (κ3) is 6.94. The smallest absolute Gasteiger partial charge is 0.410 e. The van der Waals surface area contributed by atoms with E-state index in [1.54, 1.807) is 4.90 Å². The van der Waals surface area contributed by atoms with Gasteiger partial charge in [0.1, 0.15) is 25.1 Å². The van der Waals surface area contributed by atoms with E-state index < -0.39 is 6.09 Å². The highest BCUT2D eigenvalue weighted by Gasteiger charge is 2.35. The zero-order chi connectivity index (χ0) is 32.0. The summed E-state index contributed by atoms with van der Waals surface area (Å²) < 4.78 is 17.7. The normalized spacial score (nSPS) is 19.6. The van der Waals surface area contributed by atoms with Gasteiger partial charge in [-0.2, -0.15) is 15.2 Å². The number of aromatic nitrogens is 2. The Hall–Kier alpha value is -4.92. The summed E-state index contributed by atoms with van der Waals surface area (Å²) in [6.07, 6.45) is 0.458. The number of carbonyl (C=O) groups excluding carboxylic acids is 1. The number of hydrogen-bond donors (Lipinski definition) is 1. The zero-order valence-electron chi connectivity index (χ0n) is 26.4. The van der Waals surface area contributed by atoms with E-state index in [4.69, 9.17) is 24.2 Å². The molecule has 3 aliphatic rings. The van der Waals surface area contributed by atoms with Gasteiger partial charge in [0.15, 0.2) is 0 Å². The van der Waals surface area contributed by atoms with Gasteiger partial charge in [-0.3, -0.25) is 0 Å². The second-order valence-electron chi connectivity index (χ2n) is 12.1. The SMILES string of the molecule is N#CC[C@H]1CN(c2nc(OC[C@H]3CNCCO3)nc3c2CCN(c2cccc4ccccc24)C3)CCN1C(=O)OCc1ccccc1. The van der Waals surface area contributed by atoms with Gasteiger partial charge in [0.05, 0.1) is 37.4 Å². The highest BCUT2D eigenvalue weighted by Crippen LogP contribution is 2.35. The zero-order valence-corrected chi connectivity index (χ0v) is 26.4. The predicted molar refractivity (Wildman–Crippen MR) is 178 cm³/mol. The number of rotatable bonds is 8. The minimum absolute atomic E-state index is 0.0792. The molecule has 47 heavy (non-hydrogen) atoms. The molecule has 11 heteroatoms. The van der Waals surface area contributed by atoms with E-state index in [0.717, 1.165) is 42.1 Å². The van der Waals surface area contributed by atoms with Crippen molar-refractivity contribution in [2.45, 2.75) is 38.1 Å². The first-order chi connectivity index (χ1) is 23.2. The fraction of sp³-hybridized carbons (Fsp3) is 0.389. The van der Waals surface area contributed by atoms with Gasteiger partial charge >= 0.3 is 12.1 Å². The van der Waals surface area contributed by atoms with E-state index in [0.29, 0.717) is 51.9 Å². The van der Waals surface area contributed by atoms with Crippen LogP contribution >= 0.6 is 0 Å². The molecule has 3 aliphatic heterocycles. The van der Waals surface area contributed by atoms with Crippen LogP contribution in [0.5, 0.6) is 6.01 Å². The third-order valence-corrected chi connectivity index (χ3v) is 9.08. The maximum atomic E-state index is 13.2. The molecular weight excluding hydrogens is 594 g/mol. The fourth-order valence-corrected chi connectivity index (χ4v) is 6.67. The number of hydrogen-bond acceptors (Lipinski definition) is 10. The summed E-state index contributed by atoms with van der Waals surface area (Å²) in [6, 6.07) is 26.7. The summed E-state index contributed by atoms with van der Waals surface area (Å²) in [5.74, 6) is 0.811. The van der Waals surface area contributed by atoms with Crippen LogP contribution < -0.4 is 19.9 Å². The molecule has 7 rings (SSSR count). The van der Waals surface area contributed by atoms with Gasteiger partial charge < -0.3 is 34.2 Å². The monoisotopic (exact) mass is 633 g/mol. The van der Waals surface area contributed by atoms with Crippen molar-refractivity contribution < 1.29 is 19.0 Å². The topological polar surface area (TPSA) is 116 Å². The molecule has 4 aromatic rings. The molecule has 1 aromatic heterocycles. The number of ether oxygens (including phenoxy) is 3. The van der Waals surface area contributed by atoms with E-state index in [1.807, 2.05) is 30.3 Å². The molecule has 242 valence electrons. The molecule has 3 aromatic carbocycles. The highest BCUT2D eigenvalue weighted by molar-refractivity contribution is 5.94. The largest absolute Gasteiger partial charge is 0.461 e. The van der Waals surface area contributed by atoms with Crippen LogP contribution in [0.25, 0.3) is 10.8 Å². The van der Waals surface area contributed by atoms with Crippen LogP contribution in [0.4, 0.5) is 16.3 Å². The Balaban J connectivity index is 1.14. The summed E-state index contributed by atoms with van der Waals surface area (Å²) >= 11 is 0. The van der Waals surface area contributed by atoms with E-state index in [1.165, 1.54) is 16.5 Å². The van der Waals surface area contributed by atoms with Gasteiger partial charge in [0.2, 0.25) is 0 Å². The van der Waals surface area contributed by atoms with Gasteiger partial charge in [-0.05, 0) is 23.4 Å². The maximum absolute atomic E-state index is 13.2. The molecule has 0 aliphatic carbocycles. The number of nitrogens with zero attached hydrogens (tertiary/aromatic N) is 6. The average Bonchev–Trinajstić information content (AvgIpc) is 3.13. The predicted octanol–water partition coefficient (Wildman–Crippen LogP) is 4.30. The van der Waals surface area contributed by atoms with E-state index in [9.17, 15) is 10.1 Å². The Morgan fingerprint density at radius 3 is 2.70 bits per heavy atom. The van der Waals surface area contributed by atoms with Gasteiger partial charge in [-0.25, -0.2) is 4.79 Å². The van der Waals surface area contributed by atoms with E-state index >= 15 is 0 Å². The number of nitrogens with one attached hydrogen (secondary N) is 1. The number of amides is 1. The van der Waals surface area contributed by atoms with Crippen LogP contribution in [0.1, 0.15) is 23.2 Å². The molecule has 4 heterocycles. The summed E-state index contributed by atoms with van der Waals surface area (Å²) in [5, 5.41) is 15.5. The third-order valence-electron chi connectivity index (χ3n) is 9.08. The molecule has 0 radical (unpaired) electrons. The summed E-state index contributed by atoms with van der Waals surface area (Å²) in [6.45, 7) is 5.56. The average molecular weight is 634 g/mol. The van der Waals surface area contributed by atoms with Crippen LogP contribution in [0.2, 0.25) is 0 Å². The second kappa shape index (κ2) is 14.2. The fourth-order valence-electron chi connectivity index (χ4n) is 6.67. The lowest BCUT2D eigenvalue weighted by Crippen LogP contribution is -2.55. The minimum Gasteiger partial charge on any atom is -0.461 e. The van der Waals surface area contributed by atoms with Gasteiger partial charge in [0.25, 0.3) is 0 Å². The van der Waals surface area contributed by atoms with Crippen LogP contribution in [0, 0.1) is 11.3 Å². The number of morpholine rings is 1. The first-order valence-corrected chi connectivity index (χ1v) is 16.3. The molecule has 0 saturated carbocycles. The molecule has 11 nitrogen and oxygen atoms in total. The molecule has 2 atom stereocenters. The Kier molecular flexibility index (Phi) is 9.31. The Morgan fingerprint density at radius 2 is 1.85 bits per heavy atom. The Bertz CT molecular complexity index is 1740. The number of piperazine rings is 1. The molecule has 2 fully saturated rings. The molecule has 0 spiro atoms. The van der Waals surface area contributed by atoms with Gasteiger partial charge in [0, 0.05) is 55.9 Å². The number of nitriles is 1. The summed E-state index contributed by atoms with van der Waals surface area (Å²) in [5.41, 5.74) is 4.10. The molecule has 2 saturated heterocycles. The second-order valence-corrected chi connectivity index (χ2v) is 12.1. The lowest BCUT2D eigenvalue weighted by atomic mass is 10.0. The lowest BCUT2D eigenvalue weighted by molar-refractivity contribution is -0.00183. The number of anilines is 2. The van der Waals surface area contributed by atoms with Gasteiger partial charge in [-0.1, -0.05) is 66.7 Å². The minimum atomic E-state index is -0.408. The maximum Gasteiger partial charge on any atom is 0.410 e. The van der Waals surface area contributed by atoms with Crippen molar-refractivity contribution >= 4 is 28.4 Å². The Labute approximate surface area is 274 Å². The first kappa shape index (κ1) is 30.7. The standard InChI is InChI=1S/C36H39N7O4/c37-15-13-28-22-42(18-19-43(28)36(44)47-24-26-7-2-1-3-8-26)34-31-14-17-41(33-12-6-10-27-9-4-5-11-30(27)33)23-32(31)39-35(40-34)46-25-29-21-38-16-20-45-29/h1-12,28-29,38H,13-14,16-25H2/t28-,29+/m0/s1. The van der Waals surface area contributed by atoms with Crippen LogP contribution in [0.15, 0.2) is 72.8 Å². The molecular formula is C36H39N7O4. The number of benzene rings is 3. The van der Waals surface area contributed by atoms with Crippen molar-refractivity contribution in [2.75, 3.05) is 62.3 Å². The number of fused-ring (bicyclic) bond motifs is 2. The van der Waals surface area contributed by atoms with Crippen molar-refractivity contribution in [3.05, 3.63) is 89.6 Å². The van der Waals surface area contributed by atoms with Crippen molar-refractivity contribution in [1.82, 2.24) is 20.2 Å². The summed E-state index contributed by atoms with van der Waals surface area (Å²) in [4.78, 5) is 29.3. The van der Waals surface area contributed by atoms with E-state index in [-0.39, 0.29) is 25.2 Å². The van der Waals surface area contributed by atoms with Crippen LogP contribution in [0.3, 0.4) is 0 Å². The highest BCUT2D eigenvalue weighted by atomic mass is 16.6. The van der Waals surface area contributed by atoms with Crippen LogP contribution in [-0.4, -0.2) is 85.6 Å². The van der Waals surface area contributed by atoms with E-state index in [2.05, 4.69) is 63.7 Å². The molecule has 0 bridgehead atoms. The van der Waals surface area contributed by atoms with Crippen molar-refractivity contribution in [2.24, 2.45) is 0 Å². The van der Waals surface area contributed by atoms with Gasteiger partial charge in [-0.15, -0.1) is 0 Å². The van der Waals surface area contributed by atoms with Crippen molar-refractivity contribution in [3.63, 3.8) is 0 Å².